The number of hydrogen-bond acceptors (Lipinski definition) is 8. The molecule has 0 heterocycles. The standard InChI is InChI=1S/C53H98NO8P/c1-5-7-9-11-13-15-17-19-21-23-25-26-28-30-32-34-36-38-40-42-44-46-53(56)62-51(50-61-63(57,58)60-48-47-54(3)4)49-59-52(55)45-43-41-39-37-35-33-31-29-27-24-22-20-18-16-14-12-10-8-6-2/h14,16,20,22,27,29,33,35,51H,5-13,15,17-19,21,23-26,28,30-32,34,36-50H2,1-4H3,(H,57,58)/b16-14-,22-20-,29-27-,35-33-. The Hall–Kier alpha value is -2.03. The summed E-state index contributed by atoms with van der Waals surface area (Å²) in [4.78, 5) is 37.2. The van der Waals surface area contributed by atoms with Crippen molar-refractivity contribution in [2.24, 2.45) is 0 Å². The van der Waals surface area contributed by atoms with Crippen LogP contribution in [0.2, 0.25) is 0 Å². The lowest BCUT2D eigenvalue weighted by atomic mass is 10.0. The van der Waals surface area contributed by atoms with Crippen molar-refractivity contribution in [2.45, 2.75) is 238 Å². The minimum Gasteiger partial charge on any atom is -0.462 e. The largest absolute Gasteiger partial charge is 0.472 e. The van der Waals surface area contributed by atoms with Gasteiger partial charge in [-0.1, -0.05) is 210 Å². The SMILES string of the molecule is CCCCC/C=C\C/C=C\C/C=C\C/C=C\CCCCCC(=O)OCC(COP(=O)(O)OCCN(C)C)OC(=O)CCCCCCCCCCCCCCCCCCCCCCC. The second-order valence-corrected chi connectivity index (χ2v) is 19.2. The first-order valence-electron chi connectivity index (χ1n) is 25.9. The molecule has 368 valence electrons. The summed E-state index contributed by atoms with van der Waals surface area (Å²) < 4.78 is 33.6. The molecule has 0 radical (unpaired) electrons. The van der Waals surface area contributed by atoms with Crippen LogP contribution in [0.15, 0.2) is 48.6 Å². The number of hydrogen-bond donors (Lipinski definition) is 1. The van der Waals surface area contributed by atoms with Gasteiger partial charge in [-0.15, -0.1) is 0 Å². The van der Waals surface area contributed by atoms with E-state index in [1.807, 2.05) is 19.0 Å². The number of rotatable bonds is 48. The minimum absolute atomic E-state index is 0.00209. The average molecular weight is 908 g/mol. The lowest BCUT2D eigenvalue weighted by Gasteiger charge is -2.20. The normalized spacial score (nSPS) is 13.6. The molecule has 0 aromatic heterocycles. The topological polar surface area (TPSA) is 112 Å². The van der Waals surface area contributed by atoms with Crippen LogP contribution < -0.4 is 0 Å². The first-order valence-corrected chi connectivity index (χ1v) is 27.4. The number of carbonyl (C=O) groups excluding carboxylic acids is 2. The summed E-state index contributed by atoms with van der Waals surface area (Å²) >= 11 is 0. The second-order valence-electron chi connectivity index (χ2n) is 17.7. The van der Waals surface area contributed by atoms with Crippen molar-refractivity contribution in [3.63, 3.8) is 0 Å². The molecular weight excluding hydrogens is 810 g/mol. The van der Waals surface area contributed by atoms with Crippen molar-refractivity contribution in [2.75, 3.05) is 40.5 Å². The monoisotopic (exact) mass is 908 g/mol. The molecule has 1 N–H and O–H groups in total. The molecule has 0 rings (SSSR count). The van der Waals surface area contributed by atoms with Crippen LogP contribution in [-0.2, 0) is 32.7 Å². The van der Waals surface area contributed by atoms with E-state index in [0.717, 1.165) is 51.4 Å². The number of unbranched alkanes of at least 4 members (excludes halogenated alkanes) is 26. The quantitative estimate of drug-likeness (QED) is 0.0276. The summed E-state index contributed by atoms with van der Waals surface area (Å²) in [7, 11) is -0.725. The van der Waals surface area contributed by atoms with E-state index < -0.39 is 32.5 Å². The Bertz CT molecular complexity index is 1190. The summed E-state index contributed by atoms with van der Waals surface area (Å²) in [5.74, 6) is -0.830. The third kappa shape index (κ3) is 49.2. The fourth-order valence-corrected chi connectivity index (χ4v) is 7.88. The highest BCUT2D eigenvalue weighted by molar-refractivity contribution is 7.47. The molecule has 0 aromatic carbocycles. The Morgan fingerprint density at radius 1 is 0.492 bits per heavy atom. The number of nitrogens with zero attached hydrogens (tertiary/aromatic N) is 1. The number of carbonyl (C=O) groups is 2. The molecule has 0 aliphatic heterocycles. The molecule has 0 aliphatic rings. The maximum atomic E-state index is 12.7. The van der Waals surface area contributed by atoms with Crippen LogP contribution in [0.25, 0.3) is 0 Å². The van der Waals surface area contributed by atoms with Gasteiger partial charge in [0.1, 0.15) is 6.61 Å². The first-order chi connectivity index (χ1) is 30.7. The highest BCUT2D eigenvalue weighted by atomic mass is 31.2. The number of phosphoric acid groups is 1. The number of likely N-dealkylation sites (N-methyl/N-ethyl adjacent to an activating group) is 1. The number of allylic oxidation sites excluding steroid dienone is 8. The van der Waals surface area contributed by atoms with Gasteiger partial charge in [0.2, 0.25) is 0 Å². The molecule has 0 amide bonds. The van der Waals surface area contributed by atoms with E-state index in [-0.39, 0.29) is 26.1 Å². The molecule has 63 heavy (non-hydrogen) atoms. The first kappa shape index (κ1) is 61.0. The Kier molecular flexibility index (Phi) is 46.4. The molecule has 0 bridgehead atoms. The van der Waals surface area contributed by atoms with Gasteiger partial charge < -0.3 is 19.3 Å². The van der Waals surface area contributed by atoms with E-state index in [1.165, 1.54) is 141 Å². The van der Waals surface area contributed by atoms with Crippen LogP contribution in [0.3, 0.4) is 0 Å². The van der Waals surface area contributed by atoms with Crippen LogP contribution in [0, 0.1) is 0 Å². The molecule has 0 spiro atoms. The molecule has 0 fully saturated rings. The van der Waals surface area contributed by atoms with Gasteiger partial charge in [-0.3, -0.25) is 18.6 Å². The Morgan fingerprint density at radius 3 is 1.30 bits per heavy atom. The van der Waals surface area contributed by atoms with Crippen molar-refractivity contribution >= 4 is 19.8 Å². The lowest BCUT2D eigenvalue weighted by Crippen LogP contribution is -2.29. The van der Waals surface area contributed by atoms with E-state index in [9.17, 15) is 19.0 Å². The van der Waals surface area contributed by atoms with Crippen LogP contribution in [0.5, 0.6) is 0 Å². The minimum atomic E-state index is -4.38. The van der Waals surface area contributed by atoms with Crippen LogP contribution in [0.1, 0.15) is 232 Å². The van der Waals surface area contributed by atoms with Crippen molar-refractivity contribution in [3.05, 3.63) is 48.6 Å². The molecule has 2 unspecified atom stereocenters. The van der Waals surface area contributed by atoms with Gasteiger partial charge in [0.15, 0.2) is 6.10 Å². The smallest absolute Gasteiger partial charge is 0.462 e. The molecule has 0 aromatic rings. The third-order valence-corrected chi connectivity index (χ3v) is 12.1. The Labute approximate surface area is 388 Å². The molecule has 10 heteroatoms. The van der Waals surface area contributed by atoms with Crippen molar-refractivity contribution in [1.29, 1.82) is 0 Å². The molecule has 9 nitrogen and oxygen atoms in total. The van der Waals surface area contributed by atoms with Crippen LogP contribution in [-0.4, -0.2) is 68.3 Å². The molecule has 0 aliphatic carbocycles. The van der Waals surface area contributed by atoms with Gasteiger partial charge in [0, 0.05) is 19.4 Å². The summed E-state index contributed by atoms with van der Waals surface area (Å²) in [6, 6.07) is 0. The van der Waals surface area contributed by atoms with E-state index >= 15 is 0 Å². The van der Waals surface area contributed by atoms with E-state index in [4.69, 9.17) is 18.5 Å². The number of ether oxygens (including phenoxy) is 2. The Morgan fingerprint density at radius 2 is 0.857 bits per heavy atom. The predicted molar refractivity (Wildman–Crippen MR) is 266 cm³/mol. The zero-order valence-electron chi connectivity index (χ0n) is 41.3. The molecule has 0 saturated carbocycles. The van der Waals surface area contributed by atoms with Gasteiger partial charge in [-0.05, 0) is 71.9 Å². The van der Waals surface area contributed by atoms with Gasteiger partial charge in [0.05, 0.1) is 13.2 Å². The van der Waals surface area contributed by atoms with Gasteiger partial charge in [-0.2, -0.15) is 0 Å². The zero-order chi connectivity index (χ0) is 46.2. The highest BCUT2D eigenvalue weighted by Gasteiger charge is 2.26. The number of esters is 2. The Balaban J connectivity index is 4.22. The predicted octanol–water partition coefficient (Wildman–Crippen LogP) is 15.7. The fraction of sp³-hybridized carbons (Fsp3) is 0.811. The molecule has 2 atom stereocenters. The van der Waals surface area contributed by atoms with Crippen molar-refractivity contribution < 1.29 is 37.6 Å². The van der Waals surface area contributed by atoms with Crippen molar-refractivity contribution in [3.8, 4) is 0 Å². The summed E-state index contributed by atoms with van der Waals surface area (Å²) in [5.41, 5.74) is 0. The number of phosphoric ester groups is 1. The third-order valence-electron chi connectivity index (χ3n) is 11.1. The van der Waals surface area contributed by atoms with E-state index in [1.54, 1.807) is 0 Å². The van der Waals surface area contributed by atoms with Gasteiger partial charge in [0.25, 0.3) is 0 Å². The van der Waals surface area contributed by atoms with Crippen molar-refractivity contribution in [1.82, 2.24) is 4.90 Å². The zero-order valence-corrected chi connectivity index (χ0v) is 42.2. The second kappa shape index (κ2) is 47.9. The maximum Gasteiger partial charge on any atom is 0.472 e. The maximum absolute atomic E-state index is 12.7. The van der Waals surface area contributed by atoms with Gasteiger partial charge in [-0.25, -0.2) is 4.57 Å². The van der Waals surface area contributed by atoms with Gasteiger partial charge >= 0.3 is 19.8 Å². The van der Waals surface area contributed by atoms with Crippen LogP contribution in [0.4, 0.5) is 0 Å². The summed E-state index contributed by atoms with van der Waals surface area (Å²) in [5, 5.41) is 0. The fourth-order valence-electron chi connectivity index (χ4n) is 7.14. The molecular formula is C53H98NO8P. The lowest BCUT2D eigenvalue weighted by molar-refractivity contribution is -0.161. The highest BCUT2D eigenvalue weighted by Crippen LogP contribution is 2.43. The van der Waals surface area contributed by atoms with E-state index in [0.29, 0.717) is 19.4 Å². The summed E-state index contributed by atoms with van der Waals surface area (Å²) in [6.07, 6.45) is 55.9. The van der Waals surface area contributed by atoms with E-state index in [2.05, 4.69) is 62.5 Å². The van der Waals surface area contributed by atoms with Crippen LogP contribution >= 0.6 is 7.82 Å². The molecule has 0 saturated heterocycles. The average Bonchev–Trinajstić information content (AvgIpc) is 3.25. The summed E-state index contributed by atoms with van der Waals surface area (Å²) in [6.45, 7) is 4.29.